The molecule has 1 aromatic heterocycles. The molecule has 2 heterocycles. The van der Waals surface area contributed by atoms with E-state index in [9.17, 15) is 23.6 Å². The maximum absolute atomic E-state index is 14.5. The molecule has 1 aromatic rings. The van der Waals surface area contributed by atoms with Crippen molar-refractivity contribution in [2.45, 2.75) is 71.5 Å². The number of carbonyl (C=O) groups is 3. The van der Waals surface area contributed by atoms with Gasteiger partial charge in [-0.2, -0.15) is 4.98 Å². The Balaban J connectivity index is 2.22. The maximum Gasteiger partial charge on any atom is 0.412 e. The highest BCUT2D eigenvalue weighted by Gasteiger charge is 2.48. The fourth-order valence-electron chi connectivity index (χ4n) is 3.06. The predicted octanol–water partition coefficient (Wildman–Crippen LogP) is 1.90. The van der Waals surface area contributed by atoms with E-state index < -0.39 is 59.9 Å². The predicted molar refractivity (Wildman–Crippen MR) is 104 cm³/mol. The van der Waals surface area contributed by atoms with Crippen molar-refractivity contribution in [2.24, 2.45) is 0 Å². The molecule has 1 saturated heterocycles. The van der Waals surface area contributed by atoms with Crippen LogP contribution in [-0.2, 0) is 28.5 Å². The molecule has 0 saturated carbocycles. The van der Waals surface area contributed by atoms with Gasteiger partial charge in [-0.1, -0.05) is 19.8 Å². The SMILES string of the molecule is CCCCCOC(=O)Nc1nc(=O)n([C@@H]2O[C@H](C)C(OC(C)=O)C2OC(C)=O)cc1F. The number of rotatable bonds is 8. The van der Waals surface area contributed by atoms with E-state index in [1.54, 1.807) is 6.92 Å². The third-order valence-corrected chi connectivity index (χ3v) is 4.41. The summed E-state index contributed by atoms with van der Waals surface area (Å²) >= 11 is 0. The van der Waals surface area contributed by atoms with Gasteiger partial charge in [-0.15, -0.1) is 0 Å². The first-order valence-corrected chi connectivity index (χ1v) is 9.86. The molecular formula is C19H26FN3O8. The van der Waals surface area contributed by atoms with Crippen LogP contribution in [0.2, 0.25) is 0 Å². The molecule has 1 amide bonds. The lowest BCUT2D eigenvalue weighted by molar-refractivity contribution is -0.165. The summed E-state index contributed by atoms with van der Waals surface area (Å²) in [5.41, 5.74) is -0.986. The van der Waals surface area contributed by atoms with Gasteiger partial charge in [-0.25, -0.2) is 14.0 Å². The van der Waals surface area contributed by atoms with E-state index in [-0.39, 0.29) is 6.61 Å². The van der Waals surface area contributed by atoms with Crippen molar-refractivity contribution >= 4 is 23.8 Å². The number of hydrogen-bond acceptors (Lipinski definition) is 9. The number of carbonyl (C=O) groups excluding carboxylic acids is 3. The van der Waals surface area contributed by atoms with E-state index >= 15 is 0 Å². The number of amides is 1. The number of ether oxygens (including phenoxy) is 4. The van der Waals surface area contributed by atoms with Crippen molar-refractivity contribution in [1.29, 1.82) is 0 Å². The summed E-state index contributed by atoms with van der Waals surface area (Å²) in [5.74, 6) is -3.02. The summed E-state index contributed by atoms with van der Waals surface area (Å²) in [6, 6.07) is 0. The number of nitrogens with one attached hydrogen (secondary N) is 1. The molecule has 1 aliphatic heterocycles. The fourth-order valence-corrected chi connectivity index (χ4v) is 3.06. The molecule has 0 aromatic carbocycles. The summed E-state index contributed by atoms with van der Waals surface area (Å²) < 4.78 is 36.1. The van der Waals surface area contributed by atoms with Crippen LogP contribution in [-0.4, -0.2) is 52.5 Å². The second-order valence-electron chi connectivity index (χ2n) is 6.98. The van der Waals surface area contributed by atoms with Gasteiger partial charge in [0.15, 0.2) is 30.1 Å². The Morgan fingerprint density at radius 1 is 1.19 bits per heavy atom. The van der Waals surface area contributed by atoms with Crippen molar-refractivity contribution in [3.8, 4) is 0 Å². The van der Waals surface area contributed by atoms with E-state index in [4.69, 9.17) is 18.9 Å². The number of anilines is 1. The highest BCUT2D eigenvalue weighted by molar-refractivity contribution is 5.83. The molecule has 1 fully saturated rings. The Labute approximate surface area is 177 Å². The second-order valence-corrected chi connectivity index (χ2v) is 6.98. The molecule has 11 nitrogen and oxygen atoms in total. The van der Waals surface area contributed by atoms with E-state index in [1.165, 1.54) is 6.92 Å². The molecule has 12 heteroatoms. The van der Waals surface area contributed by atoms with E-state index in [2.05, 4.69) is 10.3 Å². The molecule has 0 spiro atoms. The summed E-state index contributed by atoms with van der Waals surface area (Å²) in [7, 11) is 0. The van der Waals surface area contributed by atoms with Gasteiger partial charge in [0.2, 0.25) is 0 Å². The van der Waals surface area contributed by atoms with Crippen LogP contribution in [0.3, 0.4) is 0 Å². The summed E-state index contributed by atoms with van der Waals surface area (Å²) in [6.45, 7) is 5.98. The monoisotopic (exact) mass is 443 g/mol. The van der Waals surface area contributed by atoms with Gasteiger partial charge in [-0.3, -0.25) is 19.5 Å². The zero-order valence-electron chi connectivity index (χ0n) is 17.8. The largest absolute Gasteiger partial charge is 0.456 e. The van der Waals surface area contributed by atoms with Crippen molar-refractivity contribution in [2.75, 3.05) is 11.9 Å². The Morgan fingerprint density at radius 3 is 2.45 bits per heavy atom. The van der Waals surface area contributed by atoms with E-state index in [0.717, 1.165) is 30.5 Å². The minimum Gasteiger partial charge on any atom is -0.456 e. The minimum atomic E-state index is -1.30. The number of hydrogen-bond donors (Lipinski definition) is 1. The smallest absolute Gasteiger partial charge is 0.412 e. The first-order chi connectivity index (χ1) is 14.6. The third-order valence-electron chi connectivity index (χ3n) is 4.41. The average Bonchev–Trinajstić information content (AvgIpc) is 2.96. The van der Waals surface area contributed by atoms with Gasteiger partial charge in [0.1, 0.15) is 0 Å². The number of unbranched alkanes of at least 4 members (excludes halogenated alkanes) is 2. The van der Waals surface area contributed by atoms with Gasteiger partial charge in [-0.05, 0) is 13.3 Å². The maximum atomic E-state index is 14.5. The van der Waals surface area contributed by atoms with Crippen LogP contribution >= 0.6 is 0 Å². The Kier molecular flexibility index (Phi) is 8.48. The number of aromatic nitrogens is 2. The van der Waals surface area contributed by atoms with Gasteiger partial charge in [0.25, 0.3) is 0 Å². The van der Waals surface area contributed by atoms with E-state index in [1.807, 2.05) is 6.92 Å². The van der Waals surface area contributed by atoms with Crippen LogP contribution in [0.1, 0.15) is 53.2 Å². The van der Waals surface area contributed by atoms with Crippen molar-refractivity contribution in [3.63, 3.8) is 0 Å². The molecular weight excluding hydrogens is 417 g/mol. The van der Waals surface area contributed by atoms with Crippen LogP contribution in [0.4, 0.5) is 15.0 Å². The summed E-state index contributed by atoms with van der Waals surface area (Å²) in [6.07, 6.45) is -2.02. The summed E-state index contributed by atoms with van der Waals surface area (Å²) in [4.78, 5) is 50.7. The van der Waals surface area contributed by atoms with Gasteiger partial charge in [0, 0.05) is 13.8 Å². The van der Waals surface area contributed by atoms with Crippen LogP contribution in [0, 0.1) is 5.82 Å². The fraction of sp³-hybridized carbons (Fsp3) is 0.632. The van der Waals surface area contributed by atoms with E-state index in [0.29, 0.717) is 6.42 Å². The van der Waals surface area contributed by atoms with Crippen LogP contribution < -0.4 is 11.0 Å². The highest BCUT2D eigenvalue weighted by Crippen LogP contribution is 2.33. The summed E-state index contributed by atoms with van der Waals surface area (Å²) in [5, 5.41) is 2.08. The van der Waals surface area contributed by atoms with Crippen molar-refractivity contribution in [3.05, 3.63) is 22.5 Å². The van der Waals surface area contributed by atoms with Crippen LogP contribution in [0.25, 0.3) is 0 Å². The third kappa shape index (κ3) is 6.48. The lowest BCUT2D eigenvalue weighted by atomic mass is 10.1. The second kappa shape index (κ2) is 10.8. The lowest BCUT2D eigenvalue weighted by Crippen LogP contribution is -2.40. The van der Waals surface area contributed by atoms with Gasteiger partial charge >= 0.3 is 23.7 Å². The molecule has 0 radical (unpaired) electrons. The number of halogens is 1. The number of esters is 2. The normalized spacial score (nSPS) is 22.6. The van der Waals surface area contributed by atoms with Crippen molar-refractivity contribution in [1.82, 2.24) is 9.55 Å². The minimum absolute atomic E-state index is 0.147. The Bertz CT molecular complexity index is 874. The highest BCUT2D eigenvalue weighted by atomic mass is 19.1. The first-order valence-electron chi connectivity index (χ1n) is 9.86. The molecule has 1 N–H and O–H groups in total. The molecule has 1 aliphatic rings. The molecule has 2 rings (SSSR count). The molecule has 31 heavy (non-hydrogen) atoms. The molecule has 172 valence electrons. The quantitative estimate of drug-likeness (QED) is 0.363. The Hall–Kier alpha value is -3.02. The molecule has 0 bridgehead atoms. The lowest BCUT2D eigenvalue weighted by Gasteiger charge is -2.23. The van der Waals surface area contributed by atoms with Crippen LogP contribution in [0.5, 0.6) is 0 Å². The standard InChI is InChI=1S/C19H26FN3O8/c1-5-6-7-8-28-19(27)22-16-13(20)9-23(18(26)21-16)17-15(31-12(4)25)14(10(2)29-17)30-11(3)24/h9-10,14-15,17H,5-8H2,1-4H3,(H,21,22,26,27)/t10-,14?,15?,17-/m1/s1. The zero-order chi connectivity index (χ0) is 23.1. The number of nitrogens with zero attached hydrogens (tertiary/aromatic N) is 2. The zero-order valence-corrected chi connectivity index (χ0v) is 17.8. The van der Waals surface area contributed by atoms with Crippen LogP contribution in [0.15, 0.2) is 11.0 Å². The molecule has 2 unspecified atom stereocenters. The van der Waals surface area contributed by atoms with Gasteiger partial charge in [0.05, 0.1) is 18.9 Å². The topological polar surface area (TPSA) is 135 Å². The van der Waals surface area contributed by atoms with Crippen molar-refractivity contribution < 1.29 is 37.7 Å². The average molecular weight is 443 g/mol. The van der Waals surface area contributed by atoms with Gasteiger partial charge < -0.3 is 18.9 Å². The molecule has 0 aliphatic carbocycles. The Morgan fingerprint density at radius 2 is 1.84 bits per heavy atom. The first kappa shape index (κ1) is 24.3. The molecule has 4 atom stereocenters.